The molecule has 0 saturated carbocycles. The van der Waals surface area contributed by atoms with Crippen LogP contribution in [-0.4, -0.2) is 13.4 Å². The van der Waals surface area contributed by atoms with Crippen LogP contribution in [0.25, 0.3) is 0 Å². The summed E-state index contributed by atoms with van der Waals surface area (Å²) in [6.07, 6.45) is 2.80. The van der Waals surface area contributed by atoms with Crippen LogP contribution >= 0.6 is 11.3 Å². The summed E-state index contributed by atoms with van der Waals surface area (Å²) in [5.74, 6) is 0. The quantitative estimate of drug-likeness (QED) is 0.726. The molecule has 114 valence electrons. The Labute approximate surface area is 128 Å². The van der Waals surface area contributed by atoms with Crippen molar-refractivity contribution in [3.8, 4) is 0 Å². The molecule has 0 aliphatic carbocycles. The van der Waals surface area contributed by atoms with E-state index < -0.39 is 10.0 Å². The summed E-state index contributed by atoms with van der Waals surface area (Å²) >= 11 is 1.62. The monoisotopic (exact) mass is 326 g/mol. The molecule has 2 rings (SSSR count). The van der Waals surface area contributed by atoms with Crippen molar-refractivity contribution in [3.63, 3.8) is 0 Å². The van der Waals surface area contributed by atoms with E-state index in [4.69, 9.17) is 10.9 Å². The molecule has 0 fully saturated rings. The maximum Gasteiger partial charge on any atom is 0.238 e. The van der Waals surface area contributed by atoms with Crippen LogP contribution in [0.3, 0.4) is 0 Å². The third-order valence-electron chi connectivity index (χ3n) is 3.07. The molecule has 0 atom stereocenters. The van der Waals surface area contributed by atoms with E-state index in [1.54, 1.807) is 24.3 Å². The minimum atomic E-state index is -3.79. The highest BCUT2D eigenvalue weighted by molar-refractivity contribution is 7.89. The second-order valence-electron chi connectivity index (χ2n) is 4.66. The van der Waals surface area contributed by atoms with E-state index in [2.05, 4.69) is 17.2 Å². The second-order valence-corrected chi connectivity index (χ2v) is 7.39. The van der Waals surface area contributed by atoms with Gasteiger partial charge in [0, 0.05) is 22.4 Å². The highest BCUT2D eigenvalue weighted by Gasteiger charge is 2.15. The fourth-order valence-electron chi connectivity index (χ4n) is 1.95. The number of aryl methyl sites for hydroxylation is 1. The maximum absolute atomic E-state index is 11.6. The smallest absolute Gasteiger partial charge is 0.238 e. The number of sulfonamides is 1. The highest BCUT2D eigenvalue weighted by atomic mass is 32.2. The molecule has 0 aliphatic heterocycles. The van der Waals surface area contributed by atoms with E-state index in [1.807, 2.05) is 6.20 Å². The van der Waals surface area contributed by atoms with Gasteiger partial charge >= 0.3 is 0 Å². The van der Waals surface area contributed by atoms with Crippen molar-refractivity contribution in [3.05, 3.63) is 33.8 Å². The molecule has 6 nitrogen and oxygen atoms in total. The first-order chi connectivity index (χ1) is 9.81. The predicted molar refractivity (Wildman–Crippen MR) is 85.8 cm³/mol. The molecule has 0 radical (unpaired) electrons. The number of nitrogens with two attached hydrogens (primary N) is 2. The summed E-state index contributed by atoms with van der Waals surface area (Å²) in [5, 5.41) is 9.31. The first-order valence-corrected chi connectivity index (χ1v) is 8.78. The third kappa shape index (κ3) is 3.72. The van der Waals surface area contributed by atoms with Crippen molar-refractivity contribution in [2.24, 2.45) is 5.14 Å². The van der Waals surface area contributed by atoms with Gasteiger partial charge in [-0.2, -0.15) is 0 Å². The normalized spacial score (nSPS) is 11.6. The molecule has 0 saturated heterocycles. The van der Waals surface area contributed by atoms with Crippen LogP contribution < -0.4 is 16.2 Å². The molecule has 0 aliphatic rings. The number of thiazole rings is 1. The van der Waals surface area contributed by atoms with Crippen molar-refractivity contribution in [1.29, 1.82) is 0 Å². The zero-order valence-electron chi connectivity index (χ0n) is 11.9. The number of rotatable bonds is 5. The number of nitrogens with zero attached hydrogens (tertiary/aromatic N) is 1. The molecular weight excluding hydrogens is 308 g/mol. The largest absolute Gasteiger partial charge is 0.399 e. The van der Waals surface area contributed by atoms with Crippen LogP contribution in [0.15, 0.2) is 23.2 Å². The molecule has 0 unspecified atom stereocenters. The van der Waals surface area contributed by atoms with Crippen molar-refractivity contribution in [2.75, 3.05) is 11.1 Å². The van der Waals surface area contributed by atoms with Crippen LogP contribution in [0.2, 0.25) is 0 Å². The number of nitrogen functional groups attached to an aromatic ring is 1. The molecule has 1 heterocycles. The molecular formula is C13H18N4O2S2. The Kier molecular flexibility index (Phi) is 4.50. The van der Waals surface area contributed by atoms with Gasteiger partial charge in [-0.3, -0.25) is 0 Å². The molecule has 8 heteroatoms. The summed E-state index contributed by atoms with van der Waals surface area (Å²) in [7, 11) is -3.79. The molecule has 0 spiro atoms. The lowest BCUT2D eigenvalue weighted by Gasteiger charge is -2.13. The van der Waals surface area contributed by atoms with Crippen LogP contribution in [0.1, 0.15) is 22.4 Å². The highest BCUT2D eigenvalue weighted by Crippen LogP contribution is 2.27. The lowest BCUT2D eigenvalue weighted by molar-refractivity contribution is 0.597. The standard InChI is InChI=1S/C13H18N4O2S2/c1-3-10-6-17-13(20-10)7-16-11-4-9(14)5-12(8(11)2)21(15,18)19/h4-6,16H,3,7,14H2,1-2H3,(H2,15,18,19). The number of anilines is 2. The topological polar surface area (TPSA) is 111 Å². The van der Waals surface area contributed by atoms with Gasteiger partial charge in [-0.1, -0.05) is 6.92 Å². The molecule has 0 amide bonds. The minimum Gasteiger partial charge on any atom is -0.399 e. The van der Waals surface area contributed by atoms with Gasteiger partial charge in [-0.25, -0.2) is 18.5 Å². The molecule has 1 aromatic carbocycles. The lowest BCUT2D eigenvalue weighted by atomic mass is 10.2. The van der Waals surface area contributed by atoms with Gasteiger partial charge in [0.15, 0.2) is 0 Å². The SMILES string of the molecule is CCc1cnc(CNc2cc(N)cc(S(N)(=O)=O)c2C)s1. The molecule has 5 N–H and O–H groups in total. The summed E-state index contributed by atoms with van der Waals surface area (Å²) < 4.78 is 23.1. The Balaban J connectivity index is 2.26. The van der Waals surface area contributed by atoms with E-state index in [0.29, 0.717) is 23.5 Å². The van der Waals surface area contributed by atoms with Crippen LogP contribution in [0.4, 0.5) is 11.4 Å². The average molecular weight is 326 g/mol. The fraction of sp³-hybridized carbons (Fsp3) is 0.308. The zero-order valence-corrected chi connectivity index (χ0v) is 13.5. The van der Waals surface area contributed by atoms with Gasteiger partial charge in [-0.05, 0) is 31.0 Å². The molecule has 21 heavy (non-hydrogen) atoms. The van der Waals surface area contributed by atoms with E-state index in [0.717, 1.165) is 11.4 Å². The summed E-state index contributed by atoms with van der Waals surface area (Å²) in [5.41, 5.74) is 7.29. The van der Waals surface area contributed by atoms with Crippen LogP contribution in [-0.2, 0) is 23.0 Å². The number of benzene rings is 1. The summed E-state index contributed by atoms with van der Waals surface area (Å²) in [6.45, 7) is 4.28. The number of hydrogen-bond donors (Lipinski definition) is 3. The van der Waals surface area contributed by atoms with Crippen molar-refractivity contribution >= 4 is 32.7 Å². The zero-order chi connectivity index (χ0) is 15.6. The van der Waals surface area contributed by atoms with Crippen LogP contribution in [0, 0.1) is 6.92 Å². The van der Waals surface area contributed by atoms with Crippen molar-refractivity contribution in [1.82, 2.24) is 4.98 Å². The Morgan fingerprint density at radius 2 is 2.10 bits per heavy atom. The van der Waals surface area contributed by atoms with Crippen molar-refractivity contribution < 1.29 is 8.42 Å². The number of hydrogen-bond acceptors (Lipinski definition) is 6. The number of aromatic nitrogens is 1. The minimum absolute atomic E-state index is 0.0402. The third-order valence-corrected chi connectivity index (χ3v) is 5.25. The molecule has 1 aromatic heterocycles. The van der Waals surface area contributed by atoms with E-state index in [-0.39, 0.29) is 4.90 Å². The summed E-state index contributed by atoms with van der Waals surface area (Å²) in [6, 6.07) is 3.06. The number of primary sulfonamides is 1. The van der Waals surface area contributed by atoms with Gasteiger partial charge in [-0.15, -0.1) is 11.3 Å². The van der Waals surface area contributed by atoms with Gasteiger partial charge in [0.05, 0.1) is 11.4 Å². The fourth-order valence-corrected chi connectivity index (χ4v) is 3.59. The lowest BCUT2D eigenvalue weighted by Crippen LogP contribution is -2.15. The van der Waals surface area contributed by atoms with Gasteiger partial charge in [0.25, 0.3) is 0 Å². The summed E-state index contributed by atoms with van der Waals surface area (Å²) in [4.78, 5) is 5.56. The molecule has 0 bridgehead atoms. The van der Waals surface area contributed by atoms with Gasteiger partial charge in [0.2, 0.25) is 10.0 Å². The molecule has 2 aromatic rings. The van der Waals surface area contributed by atoms with Crippen LogP contribution in [0.5, 0.6) is 0 Å². The van der Waals surface area contributed by atoms with E-state index in [1.165, 1.54) is 10.9 Å². The predicted octanol–water partition coefficient (Wildman–Crippen LogP) is 1.86. The maximum atomic E-state index is 11.6. The number of nitrogens with one attached hydrogen (secondary N) is 1. The van der Waals surface area contributed by atoms with E-state index in [9.17, 15) is 8.42 Å². The van der Waals surface area contributed by atoms with E-state index >= 15 is 0 Å². The first-order valence-electron chi connectivity index (χ1n) is 6.41. The first kappa shape index (κ1) is 15.7. The average Bonchev–Trinajstić information content (AvgIpc) is 2.86. The second kappa shape index (κ2) is 6.00. The van der Waals surface area contributed by atoms with Crippen molar-refractivity contribution in [2.45, 2.75) is 31.7 Å². The van der Waals surface area contributed by atoms with Gasteiger partial charge < -0.3 is 11.1 Å². The Morgan fingerprint density at radius 1 is 1.38 bits per heavy atom. The Hall–Kier alpha value is -1.64. The Morgan fingerprint density at radius 3 is 2.67 bits per heavy atom. The van der Waals surface area contributed by atoms with Gasteiger partial charge in [0.1, 0.15) is 5.01 Å². The Bertz CT molecular complexity index is 754.